The number of ether oxygens (including phenoxy) is 1. The highest BCUT2D eigenvalue weighted by Gasteiger charge is 2.14. The van der Waals surface area contributed by atoms with Crippen LogP contribution in [0.15, 0.2) is 35.5 Å². The lowest BCUT2D eigenvalue weighted by Gasteiger charge is -2.09. The van der Waals surface area contributed by atoms with E-state index in [4.69, 9.17) is 4.74 Å². The molecule has 8 heteroatoms. The lowest BCUT2D eigenvalue weighted by Crippen LogP contribution is -2.40. The Hall–Kier alpha value is -2.32. The summed E-state index contributed by atoms with van der Waals surface area (Å²) in [7, 11) is 1.65. The van der Waals surface area contributed by atoms with Crippen LogP contribution in [-0.2, 0) is 22.6 Å². The molecule has 1 aromatic carbocycles. The molecule has 0 atom stereocenters. The summed E-state index contributed by atoms with van der Waals surface area (Å²) >= 11 is 1.30. The SMILES string of the molecule is COCCn1c(SCC(=O)NC(=O)NCc2ccccc2)nc(C)c1C. The molecule has 0 fully saturated rings. The molecule has 0 unspecified atom stereocenters. The van der Waals surface area contributed by atoms with Gasteiger partial charge in [-0.3, -0.25) is 10.1 Å². The second-order valence-corrected chi connectivity index (χ2v) is 6.66. The number of hydrogen-bond acceptors (Lipinski definition) is 5. The van der Waals surface area contributed by atoms with Crippen LogP contribution in [0.2, 0.25) is 0 Å². The van der Waals surface area contributed by atoms with Crippen LogP contribution in [0.3, 0.4) is 0 Å². The van der Waals surface area contributed by atoms with Crippen LogP contribution >= 0.6 is 11.8 Å². The predicted octanol–water partition coefficient (Wildman–Crippen LogP) is 2.26. The minimum atomic E-state index is -0.505. The molecule has 0 aliphatic heterocycles. The molecule has 1 aromatic heterocycles. The third-order valence-corrected chi connectivity index (χ3v) is 4.80. The number of carbonyl (C=O) groups excluding carboxylic acids is 2. The second-order valence-electron chi connectivity index (χ2n) is 5.71. The number of imide groups is 1. The molecule has 140 valence electrons. The largest absolute Gasteiger partial charge is 0.383 e. The van der Waals surface area contributed by atoms with E-state index in [0.29, 0.717) is 19.7 Å². The average molecular weight is 376 g/mol. The Labute approximate surface area is 157 Å². The number of methoxy groups -OCH3 is 1. The Bertz CT molecular complexity index is 746. The second kappa shape index (κ2) is 9.98. The summed E-state index contributed by atoms with van der Waals surface area (Å²) in [5.74, 6) is -0.251. The molecule has 3 amide bonds. The topological polar surface area (TPSA) is 85.2 Å². The minimum absolute atomic E-state index is 0.113. The number of amides is 3. The van der Waals surface area contributed by atoms with Crippen molar-refractivity contribution in [3.05, 3.63) is 47.3 Å². The molecular weight excluding hydrogens is 352 g/mol. The summed E-state index contributed by atoms with van der Waals surface area (Å²) in [5, 5.41) is 5.74. The van der Waals surface area contributed by atoms with E-state index in [1.807, 2.05) is 48.7 Å². The van der Waals surface area contributed by atoms with E-state index in [1.54, 1.807) is 7.11 Å². The Kier molecular flexibility index (Phi) is 7.68. The fourth-order valence-electron chi connectivity index (χ4n) is 2.29. The maximum Gasteiger partial charge on any atom is 0.321 e. The number of rotatable bonds is 8. The molecular formula is C18H24N4O3S. The van der Waals surface area contributed by atoms with Gasteiger partial charge in [0.2, 0.25) is 5.91 Å². The van der Waals surface area contributed by atoms with Crippen molar-refractivity contribution in [3.63, 3.8) is 0 Å². The lowest BCUT2D eigenvalue weighted by molar-refractivity contribution is -0.117. The zero-order valence-corrected chi connectivity index (χ0v) is 16.1. The van der Waals surface area contributed by atoms with Crippen LogP contribution in [0.1, 0.15) is 17.0 Å². The number of urea groups is 1. The number of thioether (sulfide) groups is 1. The van der Waals surface area contributed by atoms with Gasteiger partial charge in [-0.2, -0.15) is 0 Å². The molecule has 1 heterocycles. The van der Waals surface area contributed by atoms with E-state index in [0.717, 1.165) is 22.1 Å². The Balaban J connectivity index is 1.81. The van der Waals surface area contributed by atoms with Gasteiger partial charge in [-0.25, -0.2) is 9.78 Å². The van der Waals surface area contributed by atoms with Crippen molar-refractivity contribution in [2.75, 3.05) is 19.5 Å². The van der Waals surface area contributed by atoms with E-state index in [9.17, 15) is 9.59 Å². The van der Waals surface area contributed by atoms with Gasteiger partial charge in [-0.1, -0.05) is 42.1 Å². The summed E-state index contributed by atoms with van der Waals surface area (Å²) in [6.45, 7) is 5.52. The van der Waals surface area contributed by atoms with Crippen LogP contribution < -0.4 is 10.6 Å². The highest BCUT2D eigenvalue weighted by Crippen LogP contribution is 2.20. The van der Waals surface area contributed by atoms with Gasteiger partial charge in [-0.15, -0.1) is 0 Å². The Morgan fingerprint density at radius 2 is 1.96 bits per heavy atom. The van der Waals surface area contributed by atoms with Crippen LogP contribution in [0.4, 0.5) is 4.79 Å². The summed E-state index contributed by atoms with van der Waals surface area (Å²) < 4.78 is 7.14. The summed E-state index contributed by atoms with van der Waals surface area (Å²) in [6.07, 6.45) is 0. The number of carbonyl (C=O) groups is 2. The zero-order valence-electron chi connectivity index (χ0n) is 15.2. The zero-order chi connectivity index (χ0) is 18.9. The molecule has 2 rings (SSSR count). The number of aryl methyl sites for hydroxylation is 1. The van der Waals surface area contributed by atoms with E-state index in [2.05, 4.69) is 15.6 Å². The van der Waals surface area contributed by atoms with Crippen LogP contribution in [0.25, 0.3) is 0 Å². The standard InChI is InChI=1S/C18H24N4O3S/c1-13-14(2)22(9-10-25-3)18(20-13)26-12-16(23)21-17(24)19-11-15-7-5-4-6-8-15/h4-8H,9-12H2,1-3H3,(H2,19,21,23,24). The predicted molar refractivity (Wildman–Crippen MR) is 101 cm³/mol. The van der Waals surface area contributed by atoms with Gasteiger partial charge < -0.3 is 14.6 Å². The fraction of sp³-hybridized carbons (Fsp3) is 0.389. The molecule has 0 aliphatic carbocycles. The van der Waals surface area contributed by atoms with Crippen molar-refractivity contribution in [2.45, 2.75) is 32.1 Å². The summed E-state index contributed by atoms with van der Waals surface area (Å²) in [5.41, 5.74) is 2.94. The number of nitrogens with one attached hydrogen (secondary N) is 2. The van der Waals surface area contributed by atoms with Crippen molar-refractivity contribution < 1.29 is 14.3 Å². The van der Waals surface area contributed by atoms with Gasteiger partial charge in [-0.05, 0) is 19.4 Å². The molecule has 26 heavy (non-hydrogen) atoms. The highest BCUT2D eigenvalue weighted by atomic mass is 32.2. The van der Waals surface area contributed by atoms with Gasteiger partial charge in [0.1, 0.15) is 0 Å². The normalized spacial score (nSPS) is 10.6. The van der Waals surface area contributed by atoms with Gasteiger partial charge in [0.05, 0.1) is 18.1 Å². The van der Waals surface area contributed by atoms with Crippen molar-refractivity contribution in [3.8, 4) is 0 Å². The first-order valence-electron chi connectivity index (χ1n) is 8.28. The Morgan fingerprint density at radius 3 is 2.65 bits per heavy atom. The molecule has 0 spiro atoms. The maximum absolute atomic E-state index is 12.0. The number of imidazole rings is 1. The van der Waals surface area contributed by atoms with Crippen LogP contribution in [0, 0.1) is 13.8 Å². The number of benzene rings is 1. The molecule has 0 saturated carbocycles. The molecule has 2 N–H and O–H groups in total. The molecule has 2 aromatic rings. The van der Waals surface area contributed by atoms with E-state index in [-0.39, 0.29) is 11.7 Å². The quantitative estimate of drug-likeness (QED) is 0.691. The lowest BCUT2D eigenvalue weighted by atomic mass is 10.2. The molecule has 0 saturated heterocycles. The fourth-order valence-corrected chi connectivity index (χ4v) is 3.21. The average Bonchev–Trinajstić information content (AvgIpc) is 2.91. The number of hydrogen-bond donors (Lipinski definition) is 2. The van der Waals surface area contributed by atoms with Gasteiger partial charge >= 0.3 is 6.03 Å². The number of aromatic nitrogens is 2. The maximum atomic E-state index is 12.0. The van der Waals surface area contributed by atoms with Crippen molar-refractivity contribution >= 4 is 23.7 Å². The van der Waals surface area contributed by atoms with Crippen LogP contribution in [0.5, 0.6) is 0 Å². The van der Waals surface area contributed by atoms with Gasteiger partial charge in [0, 0.05) is 25.9 Å². The van der Waals surface area contributed by atoms with Gasteiger partial charge in [0.15, 0.2) is 5.16 Å². The van der Waals surface area contributed by atoms with E-state index < -0.39 is 6.03 Å². The van der Waals surface area contributed by atoms with E-state index >= 15 is 0 Å². The first-order valence-corrected chi connectivity index (χ1v) is 9.27. The minimum Gasteiger partial charge on any atom is -0.383 e. The third kappa shape index (κ3) is 5.89. The first-order chi connectivity index (χ1) is 12.5. The van der Waals surface area contributed by atoms with Crippen molar-refractivity contribution in [2.24, 2.45) is 0 Å². The highest BCUT2D eigenvalue weighted by molar-refractivity contribution is 7.99. The monoisotopic (exact) mass is 376 g/mol. The Morgan fingerprint density at radius 1 is 1.23 bits per heavy atom. The molecule has 0 radical (unpaired) electrons. The van der Waals surface area contributed by atoms with Crippen LogP contribution in [-0.4, -0.2) is 41.0 Å². The van der Waals surface area contributed by atoms with Gasteiger partial charge in [0.25, 0.3) is 0 Å². The molecule has 0 aliphatic rings. The first kappa shape index (κ1) is 20.0. The summed E-state index contributed by atoms with van der Waals surface area (Å²) in [6, 6.07) is 9.00. The third-order valence-electron chi connectivity index (χ3n) is 3.82. The van der Waals surface area contributed by atoms with Crippen molar-refractivity contribution in [1.29, 1.82) is 0 Å². The smallest absolute Gasteiger partial charge is 0.321 e. The molecule has 0 bridgehead atoms. The number of nitrogens with zero attached hydrogens (tertiary/aromatic N) is 2. The van der Waals surface area contributed by atoms with E-state index in [1.165, 1.54) is 11.8 Å². The molecule has 7 nitrogen and oxygen atoms in total. The van der Waals surface area contributed by atoms with Crippen molar-refractivity contribution in [1.82, 2.24) is 20.2 Å². The summed E-state index contributed by atoms with van der Waals surface area (Å²) in [4.78, 5) is 28.3.